The standard InChI is InChI=1S/C23H23BrN2O3/c1-3-25(4-2)13-14-26-20(15-9-11-16(24)12-10-15)19-21(27)17-7-5-6-8-18(17)29-22(19)23(26)28/h5-12,20H,3-4,13-14H2,1-2H3/t20-/m0/s1. The number of likely N-dealkylation sites (N-methyl/N-ethyl adjacent to an activating group) is 1. The Bertz CT molecular complexity index is 1100. The van der Waals surface area contributed by atoms with Gasteiger partial charge in [0.25, 0.3) is 5.91 Å². The van der Waals surface area contributed by atoms with E-state index in [-0.39, 0.29) is 17.1 Å². The zero-order valence-corrected chi connectivity index (χ0v) is 18.1. The minimum Gasteiger partial charge on any atom is -0.450 e. The molecule has 0 N–H and O–H groups in total. The maximum atomic E-state index is 13.4. The summed E-state index contributed by atoms with van der Waals surface area (Å²) >= 11 is 3.46. The second kappa shape index (κ2) is 8.13. The Kier molecular flexibility index (Phi) is 5.56. The number of carbonyl (C=O) groups excluding carboxylic acids is 1. The van der Waals surface area contributed by atoms with Crippen molar-refractivity contribution in [3.8, 4) is 0 Å². The molecule has 1 aliphatic heterocycles. The third kappa shape index (κ3) is 3.51. The Balaban J connectivity index is 1.85. The second-order valence-electron chi connectivity index (χ2n) is 7.15. The summed E-state index contributed by atoms with van der Waals surface area (Å²) in [6.07, 6.45) is 0. The molecule has 0 saturated carbocycles. The van der Waals surface area contributed by atoms with E-state index in [0.29, 0.717) is 23.1 Å². The fourth-order valence-electron chi connectivity index (χ4n) is 3.98. The lowest BCUT2D eigenvalue weighted by molar-refractivity contribution is 0.0708. The van der Waals surface area contributed by atoms with Crippen molar-refractivity contribution in [2.75, 3.05) is 26.2 Å². The number of halogens is 1. The molecular weight excluding hydrogens is 432 g/mol. The highest BCUT2D eigenvalue weighted by Gasteiger charge is 2.42. The van der Waals surface area contributed by atoms with Gasteiger partial charge in [-0.1, -0.05) is 54.0 Å². The number of fused-ring (bicyclic) bond motifs is 2. The van der Waals surface area contributed by atoms with Crippen molar-refractivity contribution >= 4 is 32.8 Å². The van der Waals surface area contributed by atoms with Gasteiger partial charge in [-0.3, -0.25) is 9.59 Å². The zero-order chi connectivity index (χ0) is 20.5. The average molecular weight is 455 g/mol. The molecular formula is C23H23BrN2O3. The van der Waals surface area contributed by atoms with Gasteiger partial charge in [0.05, 0.1) is 17.0 Å². The minimum absolute atomic E-state index is 0.131. The lowest BCUT2D eigenvalue weighted by Gasteiger charge is -2.28. The van der Waals surface area contributed by atoms with Crippen LogP contribution in [-0.4, -0.2) is 41.9 Å². The van der Waals surface area contributed by atoms with E-state index in [9.17, 15) is 9.59 Å². The third-order valence-corrected chi connectivity index (χ3v) is 6.14. The number of hydrogen-bond acceptors (Lipinski definition) is 4. The van der Waals surface area contributed by atoms with Gasteiger partial charge in [0, 0.05) is 17.6 Å². The molecule has 6 heteroatoms. The highest BCUT2D eigenvalue weighted by atomic mass is 79.9. The summed E-state index contributed by atoms with van der Waals surface area (Å²) in [5.74, 6) is -0.0518. The number of carbonyl (C=O) groups is 1. The van der Waals surface area contributed by atoms with Crippen molar-refractivity contribution in [2.45, 2.75) is 19.9 Å². The van der Waals surface area contributed by atoms with Crippen LogP contribution in [0.4, 0.5) is 0 Å². The maximum Gasteiger partial charge on any atom is 0.290 e. The van der Waals surface area contributed by atoms with Crippen LogP contribution in [-0.2, 0) is 0 Å². The van der Waals surface area contributed by atoms with E-state index in [0.717, 1.165) is 29.7 Å². The van der Waals surface area contributed by atoms with Gasteiger partial charge in [0.15, 0.2) is 5.43 Å². The van der Waals surface area contributed by atoms with Crippen LogP contribution in [0.2, 0.25) is 0 Å². The van der Waals surface area contributed by atoms with Crippen LogP contribution in [0.25, 0.3) is 11.0 Å². The summed E-state index contributed by atoms with van der Waals surface area (Å²) in [7, 11) is 0. The van der Waals surface area contributed by atoms with Gasteiger partial charge in [0.2, 0.25) is 5.76 Å². The number of benzene rings is 2. The van der Waals surface area contributed by atoms with E-state index in [4.69, 9.17) is 4.42 Å². The molecule has 1 aromatic heterocycles. The summed E-state index contributed by atoms with van der Waals surface area (Å²) in [4.78, 5) is 30.7. The van der Waals surface area contributed by atoms with Gasteiger partial charge in [-0.25, -0.2) is 0 Å². The molecule has 4 rings (SSSR count). The minimum atomic E-state index is -0.443. The molecule has 29 heavy (non-hydrogen) atoms. The topological polar surface area (TPSA) is 53.8 Å². The van der Waals surface area contributed by atoms with Crippen molar-refractivity contribution in [1.82, 2.24) is 9.80 Å². The fourth-order valence-corrected chi connectivity index (χ4v) is 4.24. The Hall–Kier alpha value is -2.44. The summed E-state index contributed by atoms with van der Waals surface area (Å²) in [5, 5.41) is 0.506. The van der Waals surface area contributed by atoms with Crippen LogP contribution in [0.3, 0.4) is 0 Å². The highest BCUT2D eigenvalue weighted by molar-refractivity contribution is 9.10. The van der Waals surface area contributed by atoms with E-state index in [1.54, 1.807) is 23.1 Å². The molecule has 3 aromatic rings. The van der Waals surface area contributed by atoms with E-state index in [1.165, 1.54) is 0 Å². The normalized spacial score (nSPS) is 16.1. The van der Waals surface area contributed by atoms with E-state index in [2.05, 4.69) is 34.7 Å². The molecule has 1 atom stereocenters. The fraction of sp³-hybridized carbons (Fsp3) is 0.304. The van der Waals surface area contributed by atoms with Crippen molar-refractivity contribution in [3.05, 3.63) is 80.1 Å². The first-order valence-corrected chi connectivity index (χ1v) is 10.7. The molecule has 1 amide bonds. The molecule has 150 valence electrons. The molecule has 2 aromatic carbocycles. The van der Waals surface area contributed by atoms with Gasteiger partial charge in [-0.05, 0) is 42.9 Å². The van der Waals surface area contributed by atoms with Crippen LogP contribution in [0.15, 0.2) is 62.2 Å². The first-order valence-electron chi connectivity index (χ1n) is 9.89. The van der Waals surface area contributed by atoms with Crippen LogP contribution >= 0.6 is 15.9 Å². The molecule has 1 aliphatic rings. The molecule has 0 aliphatic carbocycles. The summed E-state index contributed by atoms with van der Waals surface area (Å²) < 4.78 is 6.90. The van der Waals surface area contributed by atoms with Gasteiger partial charge in [-0.15, -0.1) is 0 Å². The summed E-state index contributed by atoms with van der Waals surface area (Å²) in [6.45, 7) is 7.31. The quantitative estimate of drug-likeness (QED) is 0.552. The molecule has 0 saturated heterocycles. The average Bonchev–Trinajstić information content (AvgIpc) is 3.02. The van der Waals surface area contributed by atoms with Crippen LogP contribution in [0, 0.1) is 0 Å². The van der Waals surface area contributed by atoms with E-state index >= 15 is 0 Å². The number of nitrogens with zero attached hydrogens (tertiary/aromatic N) is 2. The van der Waals surface area contributed by atoms with Crippen molar-refractivity contribution in [1.29, 1.82) is 0 Å². The van der Waals surface area contributed by atoms with Crippen molar-refractivity contribution in [2.24, 2.45) is 0 Å². The van der Waals surface area contributed by atoms with Gasteiger partial charge in [-0.2, -0.15) is 0 Å². The van der Waals surface area contributed by atoms with Gasteiger partial charge >= 0.3 is 0 Å². The predicted molar refractivity (Wildman–Crippen MR) is 117 cm³/mol. The lowest BCUT2D eigenvalue weighted by atomic mass is 9.98. The highest BCUT2D eigenvalue weighted by Crippen LogP contribution is 2.38. The Morgan fingerprint density at radius 2 is 1.72 bits per heavy atom. The SMILES string of the molecule is CCN(CC)CCN1C(=O)c2oc3ccccc3c(=O)c2[C@@H]1c1ccc(Br)cc1. The van der Waals surface area contributed by atoms with Crippen molar-refractivity contribution in [3.63, 3.8) is 0 Å². The summed E-state index contributed by atoms with van der Waals surface area (Å²) in [5.41, 5.74) is 1.66. The predicted octanol–water partition coefficient (Wildman–Crippen LogP) is 4.44. The van der Waals surface area contributed by atoms with Crippen molar-refractivity contribution < 1.29 is 9.21 Å². The van der Waals surface area contributed by atoms with Crippen LogP contribution in [0.1, 0.15) is 41.6 Å². The molecule has 0 fully saturated rings. The van der Waals surface area contributed by atoms with Crippen LogP contribution < -0.4 is 5.43 Å². The monoisotopic (exact) mass is 454 g/mol. The second-order valence-corrected chi connectivity index (χ2v) is 8.07. The molecule has 5 nitrogen and oxygen atoms in total. The van der Waals surface area contributed by atoms with Gasteiger partial charge in [0.1, 0.15) is 5.58 Å². The Morgan fingerprint density at radius 3 is 2.41 bits per heavy atom. The first kappa shape index (κ1) is 19.9. The first-order chi connectivity index (χ1) is 14.0. The Labute approximate surface area is 178 Å². The maximum absolute atomic E-state index is 13.4. The summed E-state index contributed by atoms with van der Waals surface area (Å²) in [6, 6.07) is 14.4. The Morgan fingerprint density at radius 1 is 1.03 bits per heavy atom. The molecule has 0 bridgehead atoms. The number of hydrogen-bond donors (Lipinski definition) is 0. The third-order valence-electron chi connectivity index (χ3n) is 5.61. The van der Waals surface area contributed by atoms with E-state index < -0.39 is 6.04 Å². The molecule has 0 spiro atoms. The molecule has 0 unspecified atom stereocenters. The zero-order valence-electron chi connectivity index (χ0n) is 16.5. The smallest absolute Gasteiger partial charge is 0.290 e. The number of amides is 1. The van der Waals surface area contributed by atoms with Crippen LogP contribution in [0.5, 0.6) is 0 Å². The molecule has 0 radical (unpaired) electrons. The van der Waals surface area contributed by atoms with Gasteiger partial charge < -0.3 is 14.2 Å². The number of rotatable bonds is 6. The molecule has 2 heterocycles. The van der Waals surface area contributed by atoms with E-state index in [1.807, 2.05) is 30.3 Å². The largest absolute Gasteiger partial charge is 0.450 e. The lowest BCUT2D eigenvalue weighted by Crippen LogP contribution is -2.37. The number of para-hydroxylation sites is 1.